The first kappa shape index (κ1) is 16.5. The Kier molecular flexibility index (Phi) is 6.82. The van der Waals surface area contributed by atoms with Crippen LogP contribution in [0.4, 0.5) is 0 Å². The molecular weight excluding hydrogens is 378 g/mol. The molecule has 6 heteroatoms. The lowest BCUT2D eigenvalue weighted by Gasteiger charge is -2.15. The maximum atomic E-state index is 11.5. The lowest BCUT2D eigenvalue weighted by molar-refractivity contribution is -0.123. The van der Waals surface area contributed by atoms with E-state index in [2.05, 4.69) is 37.2 Å². The molecular formula is C13H17Br2NO3. The second-order valence-corrected chi connectivity index (χ2v) is 6.25. The van der Waals surface area contributed by atoms with Crippen molar-refractivity contribution in [3.05, 3.63) is 27.1 Å². The van der Waals surface area contributed by atoms with Crippen molar-refractivity contribution >= 4 is 37.8 Å². The summed E-state index contributed by atoms with van der Waals surface area (Å²) in [4.78, 5) is 11.5. The second-order valence-electron chi connectivity index (χ2n) is 4.48. The summed E-state index contributed by atoms with van der Waals surface area (Å²) in [6.45, 7) is 3.95. The molecule has 0 fully saturated rings. The van der Waals surface area contributed by atoms with Crippen molar-refractivity contribution in [1.82, 2.24) is 5.32 Å². The Hall–Kier alpha value is -0.590. The zero-order chi connectivity index (χ0) is 14.4. The van der Waals surface area contributed by atoms with E-state index in [4.69, 9.17) is 4.74 Å². The smallest absolute Gasteiger partial charge is 0.258 e. The summed E-state index contributed by atoms with van der Waals surface area (Å²) < 4.78 is 7.09. The van der Waals surface area contributed by atoms with E-state index in [9.17, 15) is 9.90 Å². The van der Waals surface area contributed by atoms with Gasteiger partial charge in [-0.3, -0.25) is 4.79 Å². The van der Waals surface area contributed by atoms with E-state index in [-0.39, 0.29) is 25.0 Å². The van der Waals surface area contributed by atoms with Crippen LogP contribution in [0.5, 0.6) is 5.75 Å². The molecule has 106 valence electrons. The minimum absolute atomic E-state index is 0.0783. The predicted octanol–water partition coefficient (Wildman–Crippen LogP) is 2.72. The number of nitrogens with one attached hydrogen (secondary N) is 1. The number of hydrogen-bond acceptors (Lipinski definition) is 3. The topological polar surface area (TPSA) is 58.6 Å². The van der Waals surface area contributed by atoms with Gasteiger partial charge in [0.15, 0.2) is 6.61 Å². The average Bonchev–Trinajstić information content (AvgIpc) is 2.34. The Balaban J connectivity index is 2.38. The molecule has 2 N–H and O–H groups in total. The fourth-order valence-electron chi connectivity index (χ4n) is 1.24. The highest BCUT2D eigenvalue weighted by atomic mass is 79.9. The standard InChI is InChI=1S/C13H17Br2NO3/c1-8(2)11(17)6-16-13(18)7-19-12-4-3-9(14)5-10(12)15/h3-5,8,11,17H,6-7H2,1-2H3,(H,16,18). The molecule has 0 aliphatic carbocycles. The number of amides is 1. The van der Waals surface area contributed by atoms with Gasteiger partial charge in [0.25, 0.3) is 5.91 Å². The normalized spacial score (nSPS) is 12.3. The third kappa shape index (κ3) is 5.93. The van der Waals surface area contributed by atoms with Gasteiger partial charge in [-0.05, 0) is 40.0 Å². The first-order chi connectivity index (χ1) is 8.90. The van der Waals surface area contributed by atoms with E-state index < -0.39 is 6.10 Å². The fraction of sp³-hybridized carbons (Fsp3) is 0.462. The van der Waals surface area contributed by atoms with Crippen LogP contribution in [0.1, 0.15) is 13.8 Å². The van der Waals surface area contributed by atoms with Crippen molar-refractivity contribution < 1.29 is 14.6 Å². The van der Waals surface area contributed by atoms with Crippen molar-refractivity contribution in [1.29, 1.82) is 0 Å². The van der Waals surface area contributed by atoms with Crippen LogP contribution in [0.25, 0.3) is 0 Å². The molecule has 1 aromatic rings. The Morgan fingerprint density at radius 3 is 2.68 bits per heavy atom. The number of aliphatic hydroxyl groups is 1. The molecule has 0 aliphatic rings. The van der Waals surface area contributed by atoms with Gasteiger partial charge >= 0.3 is 0 Å². The number of halogens is 2. The van der Waals surface area contributed by atoms with Gasteiger partial charge in [0.1, 0.15) is 5.75 Å². The number of hydrogen-bond donors (Lipinski definition) is 2. The van der Waals surface area contributed by atoms with E-state index in [0.717, 1.165) is 8.95 Å². The summed E-state index contributed by atoms with van der Waals surface area (Å²) >= 11 is 6.69. The van der Waals surface area contributed by atoms with Crippen LogP contribution in [-0.4, -0.2) is 30.3 Å². The Bertz CT molecular complexity index is 438. The van der Waals surface area contributed by atoms with Crippen molar-refractivity contribution in [2.45, 2.75) is 20.0 Å². The molecule has 4 nitrogen and oxygen atoms in total. The number of rotatable bonds is 6. The second kappa shape index (κ2) is 7.87. The van der Waals surface area contributed by atoms with Crippen LogP contribution in [0.3, 0.4) is 0 Å². The number of benzene rings is 1. The number of carbonyl (C=O) groups excluding carboxylic acids is 1. The summed E-state index contributed by atoms with van der Waals surface area (Å²) in [5.41, 5.74) is 0. The maximum absolute atomic E-state index is 11.5. The van der Waals surface area contributed by atoms with Gasteiger partial charge in [-0.1, -0.05) is 29.8 Å². The number of ether oxygens (including phenoxy) is 1. The third-order valence-electron chi connectivity index (χ3n) is 2.53. The van der Waals surface area contributed by atoms with Gasteiger partial charge in [0, 0.05) is 11.0 Å². The molecule has 0 saturated heterocycles. The molecule has 0 saturated carbocycles. The van der Waals surface area contributed by atoms with Crippen molar-refractivity contribution in [2.75, 3.05) is 13.2 Å². The third-order valence-corrected chi connectivity index (χ3v) is 3.64. The molecule has 1 atom stereocenters. The average molecular weight is 395 g/mol. The summed E-state index contributed by atoms with van der Waals surface area (Å²) in [5, 5.41) is 12.2. The molecule has 0 aliphatic heterocycles. The molecule has 1 aromatic carbocycles. The van der Waals surface area contributed by atoms with Gasteiger partial charge < -0.3 is 15.2 Å². The monoisotopic (exact) mass is 393 g/mol. The first-order valence-electron chi connectivity index (χ1n) is 5.92. The molecule has 1 amide bonds. The van der Waals surface area contributed by atoms with Crippen LogP contribution in [-0.2, 0) is 4.79 Å². The van der Waals surface area contributed by atoms with Crippen LogP contribution in [0, 0.1) is 5.92 Å². The number of aliphatic hydroxyl groups excluding tert-OH is 1. The zero-order valence-electron chi connectivity index (χ0n) is 10.8. The van der Waals surface area contributed by atoms with E-state index in [1.165, 1.54) is 0 Å². The summed E-state index contributed by atoms with van der Waals surface area (Å²) in [7, 11) is 0. The van der Waals surface area contributed by atoms with E-state index in [1.54, 1.807) is 6.07 Å². The molecule has 1 rings (SSSR count). The first-order valence-corrected chi connectivity index (χ1v) is 7.51. The SMILES string of the molecule is CC(C)C(O)CNC(=O)COc1ccc(Br)cc1Br. The van der Waals surface area contributed by atoms with Crippen molar-refractivity contribution in [2.24, 2.45) is 5.92 Å². The van der Waals surface area contributed by atoms with Crippen molar-refractivity contribution in [3.8, 4) is 5.75 Å². The molecule has 19 heavy (non-hydrogen) atoms. The van der Waals surface area contributed by atoms with Gasteiger partial charge in [-0.15, -0.1) is 0 Å². The van der Waals surface area contributed by atoms with E-state index in [1.807, 2.05) is 26.0 Å². The largest absolute Gasteiger partial charge is 0.483 e. The lowest BCUT2D eigenvalue weighted by atomic mass is 10.1. The van der Waals surface area contributed by atoms with Crippen LogP contribution >= 0.6 is 31.9 Å². The Morgan fingerprint density at radius 1 is 1.42 bits per heavy atom. The quantitative estimate of drug-likeness (QED) is 0.779. The van der Waals surface area contributed by atoms with Crippen LogP contribution in [0.15, 0.2) is 27.1 Å². The minimum Gasteiger partial charge on any atom is -0.483 e. The highest BCUT2D eigenvalue weighted by molar-refractivity contribution is 9.11. The zero-order valence-corrected chi connectivity index (χ0v) is 14.0. The molecule has 0 spiro atoms. The lowest BCUT2D eigenvalue weighted by Crippen LogP contribution is -2.37. The van der Waals surface area contributed by atoms with E-state index >= 15 is 0 Å². The van der Waals surface area contributed by atoms with Gasteiger partial charge in [0.2, 0.25) is 0 Å². The Labute approximate surface area is 129 Å². The van der Waals surface area contributed by atoms with Gasteiger partial charge in [-0.2, -0.15) is 0 Å². The number of carbonyl (C=O) groups is 1. The van der Waals surface area contributed by atoms with Gasteiger partial charge in [-0.25, -0.2) is 0 Å². The highest BCUT2D eigenvalue weighted by Crippen LogP contribution is 2.27. The molecule has 0 bridgehead atoms. The van der Waals surface area contributed by atoms with Crippen LogP contribution < -0.4 is 10.1 Å². The summed E-state index contributed by atoms with van der Waals surface area (Å²) in [6, 6.07) is 5.45. The van der Waals surface area contributed by atoms with Gasteiger partial charge in [0.05, 0.1) is 10.6 Å². The molecule has 0 radical (unpaired) electrons. The maximum Gasteiger partial charge on any atom is 0.258 e. The fourth-order valence-corrected chi connectivity index (χ4v) is 2.40. The summed E-state index contributed by atoms with van der Waals surface area (Å²) in [6.07, 6.45) is -0.539. The highest BCUT2D eigenvalue weighted by Gasteiger charge is 2.11. The summed E-state index contributed by atoms with van der Waals surface area (Å²) in [5.74, 6) is 0.458. The molecule has 0 heterocycles. The van der Waals surface area contributed by atoms with Crippen molar-refractivity contribution in [3.63, 3.8) is 0 Å². The van der Waals surface area contributed by atoms with E-state index in [0.29, 0.717) is 5.75 Å². The molecule has 1 unspecified atom stereocenters. The molecule has 0 aromatic heterocycles. The minimum atomic E-state index is -0.539. The predicted molar refractivity (Wildman–Crippen MR) is 81.2 cm³/mol. The van der Waals surface area contributed by atoms with Crippen LogP contribution in [0.2, 0.25) is 0 Å². The Morgan fingerprint density at radius 2 is 2.11 bits per heavy atom.